The minimum atomic E-state index is -0.439. The maximum atomic E-state index is 13.0. The van der Waals surface area contributed by atoms with Crippen molar-refractivity contribution < 1.29 is 14.6 Å². The van der Waals surface area contributed by atoms with E-state index >= 15 is 0 Å². The zero-order valence-electron chi connectivity index (χ0n) is 18.2. The first kappa shape index (κ1) is 20.5. The number of nitrogens with one attached hydrogen (secondary N) is 2. The molecular formula is C26H32N2O3. The largest absolute Gasteiger partial charge is 0.396 e. The Hall–Kier alpha value is -2.37. The van der Waals surface area contributed by atoms with Crippen LogP contribution < -0.4 is 10.6 Å². The van der Waals surface area contributed by atoms with Crippen LogP contribution >= 0.6 is 0 Å². The lowest BCUT2D eigenvalue weighted by molar-refractivity contribution is -0.129. The lowest BCUT2D eigenvalue weighted by atomic mass is 9.63. The molecule has 5 rings (SSSR count). The average Bonchev–Trinajstić information content (AvgIpc) is 3.23. The van der Waals surface area contributed by atoms with Crippen molar-refractivity contribution in [2.75, 3.05) is 25.1 Å². The van der Waals surface area contributed by atoms with Gasteiger partial charge < -0.3 is 20.5 Å². The monoisotopic (exact) mass is 420 g/mol. The summed E-state index contributed by atoms with van der Waals surface area (Å²) in [5, 5.41) is 15.9. The first-order chi connectivity index (χ1) is 15.1. The average molecular weight is 421 g/mol. The zero-order chi connectivity index (χ0) is 21.4. The fraction of sp³-hybridized carbons (Fsp3) is 0.500. The molecule has 0 unspecified atom stereocenters. The number of rotatable bonds is 6. The summed E-state index contributed by atoms with van der Waals surface area (Å²) in [6.07, 6.45) is 4.52. The van der Waals surface area contributed by atoms with Gasteiger partial charge in [0.2, 0.25) is 5.91 Å². The van der Waals surface area contributed by atoms with Crippen LogP contribution in [0, 0.1) is 12.8 Å². The van der Waals surface area contributed by atoms with Crippen LogP contribution in [-0.4, -0.2) is 30.8 Å². The molecule has 2 heterocycles. The molecule has 5 heteroatoms. The Morgan fingerprint density at radius 2 is 2.13 bits per heavy atom. The van der Waals surface area contributed by atoms with E-state index in [4.69, 9.17) is 9.84 Å². The number of fused-ring (bicyclic) bond motifs is 3. The Kier molecular flexibility index (Phi) is 5.49. The normalized spacial score (nSPS) is 25.7. The van der Waals surface area contributed by atoms with Crippen molar-refractivity contribution in [3.63, 3.8) is 0 Å². The van der Waals surface area contributed by atoms with Crippen LogP contribution in [0.25, 0.3) is 0 Å². The van der Waals surface area contributed by atoms with E-state index in [1.807, 2.05) is 0 Å². The van der Waals surface area contributed by atoms with Gasteiger partial charge in [-0.2, -0.15) is 0 Å². The van der Waals surface area contributed by atoms with Crippen molar-refractivity contribution >= 4 is 11.6 Å². The van der Waals surface area contributed by atoms with E-state index in [0.29, 0.717) is 18.9 Å². The van der Waals surface area contributed by atoms with Crippen LogP contribution in [0.4, 0.5) is 5.69 Å². The molecule has 1 amide bonds. The number of carbonyl (C=O) groups is 1. The third-order valence-electron chi connectivity index (χ3n) is 7.45. The smallest absolute Gasteiger partial charge is 0.230 e. The van der Waals surface area contributed by atoms with E-state index in [1.165, 1.54) is 16.7 Å². The Morgan fingerprint density at radius 3 is 2.87 bits per heavy atom. The van der Waals surface area contributed by atoms with Crippen LogP contribution in [0.3, 0.4) is 0 Å². The molecule has 2 aromatic carbocycles. The van der Waals surface area contributed by atoms with Crippen molar-refractivity contribution in [3.05, 3.63) is 64.7 Å². The van der Waals surface area contributed by atoms with Crippen molar-refractivity contribution in [1.29, 1.82) is 0 Å². The molecule has 164 valence electrons. The quantitative estimate of drug-likeness (QED) is 0.614. The van der Waals surface area contributed by atoms with E-state index in [1.54, 1.807) is 0 Å². The van der Waals surface area contributed by atoms with Gasteiger partial charge in [0, 0.05) is 36.9 Å². The molecule has 2 aromatic rings. The second-order valence-electron chi connectivity index (χ2n) is 9.35. The van der Waals surface area contributed by atoms with E-state index in [2.05, 4.69) is 60.0 Å². The summed E-state index contributed by atoms with van der Waals surface area (Å²) in [7, 11) is 0. The first-order valence-corrected chi connectivity index (χ1v) is 11.6. The van der Waals surface area contributed by atoms with E-state index < -0.39 is 5.41 Å². The summed E-state index contributed by atoms with van der Waals surface area (Å²) in [6, 6.07) is 15.5. The highest BCUT2D eigenvalue weighted by molar-refractivity contribution is 5.89. The number of hydrogen-bond donors (Lipinski definition) is 3. The number of aliphatic hydroxyl groups excluding tert-OH is 1. The van der Waals surface area contributed by atoms with Crippen molar-refractivity contribution in [1.82, 2.24) is 5.32 Å². The molecular weight excluding hydrogens is 388 g/mol. The molecule has 0 spiro atoms. The van der Waals surface area contributed by atoms with Crippen molar-refractivity contribution in [3.8, 4) is 0 Å². The molecule has 0 aromatic heterocycles. The molecule has 1 saturated heterocycles. The topological polar surface area (TPSA) is 70.6 Å². The molecule has 3 aliphatic rings. The first-order valence-electron chi connectivity index (χ1n) is 11.6. The van der Waals surface area contributed by atoms with Gasteiger partial charge in [-0.3, -0.25) is 4.79 Å². The summed E-state index contributed by atoms with van der Waals surface area (Å²) in [5.41, 5.74) is 5.56. The Bertz CT molecular complexity index is 969. The third-order valence-corrected chi connectivity index (χ3v) is 7.45. The number of benzene rings is 2. The van der Waals surface area contributed by atoms with Gasteiger partial charge in [-0.25, -0.2) is 0 Å². The van der Waals surface area contributed by atoms with Gasteiger partial charge in [0.1, 0.15) is 0 Å². The fourth-order valence-corrected chi connectivity index (χ4v) is 5.59. The summed E-state index contributed by atoms with van der Waals surface area (Å²) in [4.78, 5) is 13.0. The van der Waals surface area contributed by atoms with Gasteiger partial charge in [-0.15, -0.1) is 0 Å². The summed E-state index contributed by atoms with van der Waals surface area (Å²) in [5.74, 6) is 0.484. The van der Waals surface area contributed by atoms with Crippen LogP contribution in [-0.2, 0) is 14.9 Å². The Morgan fingerprint density at radius 1 is 1.26 bits per heavy atom. The molecule has 2 aliphatic heterocycles. The number of aryl methyl sites for hydroxylation is 1. The molecule has 0 radical (unpaired) electrons. The van der Waals surface area contributed by atoms with E-state index in [-0.39, 0.29) is 24.7 Å². The number of ether oxygens (including phenoxy) is 1. The van der Waals surface area contributed by atoms with Crippen LogP contribution in [0.1, 0.15) is 66.5 Å². The van der Waals surface area contributed by atoms with Crippen molar-refractivity contribution in [2.45, 2.75) is 56.6 Å². The summed E-state index contributed by atoms with van der Waals surface area (Å²) in [6.45, 7) is 3.53. The lowest BCUT2D eigenvalue weighted by Crippen LogP contribution is -2.49. The highest BCUT2D eigenvalue weighted by atomic mass is 16.5. The minimum absolute atomic E-state index is 0.0660. The molecule has 31 heavy (non-hydrogen) atoms. The SMILES string of the molecule is Cc1cccc([C@H]2Nc3ccc(C4(C(=O)NCCCO)CCC4)cc3[C@@H]3OCC[C@H]23)c1. The predicted octanol–water partition coefficient (Wildman–Crippen LogP) is 4.16. The standard InChI is InChI=1S/C26H32N2O3/c1-17-5-2-6-18(15-17)23-20-9-14-31-24(20)21-16-19(7-8-22(21)28-23)26(10-3-11-26)25(30)27-12-4-13-29/h2,5-8,15-16,20,23-24,28-29H,3-4,9-14H2,1H3,(H,27,30)/t20-,23-,24-/m1/s1. The van der Waals surface area contributed by atoms with Crippen molar-refractivity contribution in [2.24, 2.45) is 5.92 Å². The highest BCUT2D eigenvalue weighted by Gasteiger charge is 2.47. The molecule has 0 bridgehead atoms. The molecule has 3 N–H and O–H groups in total. The molecule has 2 fully saturated rings. The lowest BCUT2D eigenvalue weighted by Gasteiger charge is -2.42. The van der Waals surface area contributed by atoms with Gasteiger partial charge in [0.15, 0.2) is 0 Å². The van der Waals surface area contributed by atoms with Gasteiger partial charge >= 0.3 is 0 Å². The number of amides is 1. The number of hydrogen-bond acceptors (Lipinski definition) is 4. The highest BCUT2D eigenvalue weighted by Crippen LogP contribution is 2.52. The minimum Gasteiger partial charge on any atom is -0.396 e. The van der Waals surface area contributed by atoms with Gasteiger partial charge in [-0.05, 0) is 49.8 Å². The number of carbonyl (C=O) groups excluding carboxylic acids is 1. The number of aliphatic hydroxyl groups is 1. The second-order valence-corrected chi connectivity index (χ2v) is 9.35. The van der Waals surface area contributed by atoms with Gasteiger partial charge in [0.05, 0.1) is 17.6 Å². The molecule has 1 saturated carbocycles. The maximum absolute atomic E-state index is 13.0. The number of anilines is 1. The van der Waals surface area contributed by atoms with Crippen LogP contribution in [0.5, 0.6) is 0 Å². The Balaban J connectivity index is 1.46. The second kappa shape index (κ2) is 8.29. The zero-order valence-corrected chi connectivity index (χ0v) is 18.2. The summed E-state index contributed by atoms with van der Waals surface area (Å²) < 4.78 is 6.26. The fourth-order valence-electron chi connectivity index (χ4n) is 5.59. The molecule has 1 aliphatic carbocycles. The van der Waals surface area contributed by atoms with Crippen LogP contribution in [0.2, 0.25) is 0 Å². The van der Waals surface area contributed by atoms with Crippen LogP contribution in [0.15, 0.2) is 42.5 Å². The third kappa shape index (κ3) is 3.54. The Labute approximate surface area is 184 Å². The maximum Gasteiger partial charge on any atom is 0.230 e. The van der Waals surface area contributed by atoms with E-state index in [0.717, 1.165) is 43.5 Å². The van der Waals surface area contributed by atoms with Gasteiger partial charge in [-0.1, -0.05) is 48.4 Å². The van der Waals surface area contributed by atoms with E-state index in [9.17, 15) is 4.79 Å². The molecule has 3 atom stereocenters. The summed E-state index contributed by atoms with van der Waals surface area (Å²) >= 11 is 0. The predicted molar refractivity (Wildman–Crippen MR) is 121 cm³/mol. The molecule has 5 nitrogen and oxygen atoms in total. The van der Waals surface area contributed by atoms with Gasteiger partial charge in [0.25, 0.3) is 0 Å².